The minimum atomic E-state index is -0.0514. The first-order chi connectivity index (χ1) is 13.1. The molecule has 1 atom stereocenters. The van der Waals surface area contributed by atoms with Crippen molar-refractivity contribution in [1.82, 2.24) is 20.0 Å². The molecule has 2 aliphatic rings. The SMILES string of the molecule is Cc1nn(CCO)cc1CN1CCC2(CC1)CC(c1ccccc1)C(=O)N2. The highest BCUT2D eigenvalue weighted by Crippen LogP contribution is 2.39. The van der Waals surface area contributed by atoms with E-state index in [1.165, 1.54) is 5.56 Å². The number of nitrogens with one attached hydrogen (secondary N) is 1. The van der Waals surface area contributed by atoms with Gasteiger partial charge in [-0.25, -0.2) is 0 Å². The van der Waals surface area contributed by atoms with E-state index in [4.69, 9.17) is 5.11 Å². The molecular weight excluding hydrogens is 340 g/mol. The van der Waals surface area contributed by atoms with Crippen molar-refractivity contribution < 1.29 is 9.90 Å². The molecule has 1 spiro atoms. The van der Waals surface area contributed by atoms with Gasteiger partial charge < -0.3 is 10.4 Å². The lowest BCUT2D eigenvalue weighted by Crippen LogP contribution is -2.50. The molecule has 0 saturated carbocycles. The van der Waals surface area contributed by atoms with E-state index in [0.29, 0.717) is 6.54 Å². The Morgan fingerprint density at radius 2 is 2.00 bits per heavy atom. The fraction of sp³-hybridized carbons (Fsp3) is 0.524. The van der Waals surface area contributed by atoms with E-state index in [0.717, 1.165) is 50.2 Å². The summed E-state index contributed by atoms with van der Waals surface area (Å²) in [6.07, 6.45) is 4.92. The average Bonchev–Trinajstić information content (AvgIpc) is 3.18. The van der Waals surface area contributed by atoms with E-state index in [-0.39, 0.29) is 24.0 Å². The summed E-state index contributed by atoms with van der Waals surface area (Å²) in [6, 6.07) is 10.1. The smallest absolute Gasteiger partial charge is 0.228 e. The number of amides is 1. The molecule has 1 aromatic heterocycles. The Bertz CT molecular complexity index is 794. The van der Waals surface area contributed by atoms with Crippen molar-refractivity contribution in [3.8, 4) is 0 Å². The van der Waals surface area contributed by atoms with Crippen molar-refractivity contribution in [2.75, 3.05) is 19.7 Å². The highest BCUT2D eigenvalue weighted by molar-refractivity contribution is 5.87. The van der Waals surface area contributed by atoms with Crippen LogP contribution in [0, 0.1) is 6.92 Å². The molecular formula is C21H28N4O2. The molecule has 1 amide bonds. The van der Waals surface area contributed by atoms with Crippen molar-refractivity contribution in [2.24, 2.45) is 0 Å². The molecule has 4 rings (SSSR count). The number of aliphatic hydroxyl groups is 1. The number of aryl methyl sites for hydroxylation is 1. The number of aliphatic hydroxyl groups excluding tert-OH is 1. The van der Waals surface area contributed by atoms with Crippen LogP contribution in [0.3, 0.4) is 0 Å². The van der Waals surface area contributed by atoms with Crippen LogP contribution in [-0.2, 0) is 17.9 Å². The van der Waals surface area contributed by atoms with Gasteiger partial charge in [-0.2, -0.15) is 5.10 Å². The van der Waals surface area contributed by atoms with Crippen molar-refractivity contribution in [2.45, 2.75) is 50.7 Å². The summed E-state index contributed by atoms with van der Waals surface area (Å²) in [5, 5.41) is 16.9. The minimum Gasteiger partial charge on any atom is -0.394 e. The third-order valence-corrected chi connectivity index (χ3v) is 6.09. The normalized spacial score (nSPS) is 22.3. The summed E-state index contributed by atoms with van der Waals surface area (Å²) < 4.78 is 1.82. The lowest BCUT2D eigenvalue weighted by molar-refractivity contribution is -0.121. The Labute approximate surface area is 160 Å². The van der Waals surface area contributed by atoms with Crippen molar-refractivity contribution in [3.05, 3.63) is 53.3 Å². The molecule has 3 heterocycles. The number of aromatic nitrogens is 2. The Morgan fingerprint density at radius 1 is 1.26 bits per heavy atom. The minimum absolute atomic E-state index is 0.0169. The van der Waals surface area contributed by atoms with Crippen molar-refractivity contribution in [3.63, 3.8) is 0 Å². The van der Waals surface area contributed by atoms with E-state index in [9.17, 15) is 4.79 Å². The maximum atomic E-state index is 12.6. The maximum absolute atomic E-state index is 12.6. The van der Waals surface area contributed by atoms with Crippen LogP contribution in [-0.4, -0.2) is 50.9 Å². The van der Waals surface area contributed by atoms with Crippen LogP contribution in [0.4, 0.5) is 0 Å². The Hall–Kier alpha value is -2.18. The second-order valence-corrected chi connectivity index (χ2v) is 7.94. The summed E-state index contributed by atoms with van der Waals surface area (Å²) in [4.78, 5) is 15.0. The number of benzene rings is 1. The van der Waals surface area contributed by atoms with Gasteiger partial charge in [-0.05, 0) is 31.7 Å². The van der Waals surface area contributed by atoms with Crippen LogP contribution < -0.4 is 5.32 Å². The van der Waals surface area contributed by atoms with Gasteiger partial charge in [0.2, 0.25) is 5.91 Å². The van der Waals surface area contributed by atoms with Crippen LogP contribution in [0.25, 0.3) is 0 Å². The first-order valence-corrected chi connectivity index (χ1v) is 9.82. The second kappa shape index (κ2) is 7.44. The lowest BCUT2D eigenvalue weighted by atomic mass is 9.82. The molecule has 0 radical (unpaired) electrons. The largest absolute Gasteiger partial charge is 0.394 e. The highest BCUT2D eigenvalue weighted by Gasteiger charge is 2.46. The molecule has 27 heavy (non-hydrogen) atoms. The average molecular weight is 368 g/mol. The number of piperidine rings is 1. The third kappa shape index (κ3) is 3.77. The van der Waals surface area contributed by atoms with Crippen LogP contribution >= 0.6 is 0 Å². The Kier molecular flexibility index (Phi) is 5.02. The predicted octanol–water partition coefficient (Wildman–Crippen LogP) is 1.82. The number of likely N-dealkylation sites (tertiary alicyclic amines) is 1. The number of rotatable bonds is 5. The Balaban J connectivity index is 1.37. The number of carbonyl (C=O) groups is 1. The van der Waals surface area contributed by atoms with Crippen LogP contribution in [0.1, 0.15) is 42.0 Å². The molecule has 1 aromatic carbocycles. The molecule has 2 aliphatic heterocycles. The molecule has 0 aliphatic carbocycles. The fourth-order valence-corrected chi connectivity index (χ4v) is 4.48. The highest BCUT2D eigenvalue weighted by atomic mass is 16.3. The van der Waals surface area contributed by atoms with Crippen LogP contribution in [0.15, 0.2) is 36.5 Å². The molecule has 6 heteroatoms. The topological polar surface area (TPSA) is 70.4 Å². The molecule has 2 saturated heterocycles. The zero-order valence-electron chi connectivity index (χ0n) is 15.9. The summed E-state index contributed by atoms with van der Waals surface area (Å²) in [5.74, 6) is 0.160. The van der Waals surface area contributed by atoms with Crippen LogP contribution in [0.5, 0.6) is 0 Å². The fourth-order valence-electron chi connectivity index (χ4n) is 4.48. The standard InChI is InChI=1S/C21H28N4O2/c1-16-18(15-25(23-16)11-12-26)14-24-9-7-21(8-10-24)13-19(20(27)22-21)17-5-3-2-4-6-17/h2-6,15,19,26H,7-14H2,1H3,(H,22,27). The van der Waals surface area contributed by atoms with Crippen molar-refractivity contribution in [1.29, 1.82) is 0 Å². The van der Waals surface area contributed by atoms with Gasteiger partial charge in [-0.3, -0.25) is 14.4 Å². The monoisotopic (exact) mass is 368 g/mol. The molecule has 1 unspecified atom stereocenters. The first kappa shape index (κ1) is 18.2. The van der Waals surface area contributed by atoms with Crippen molar-refractivity contribution >= 4 is 5.91 Å². The zero-order chi connectivity index (χ0) is 18.9. The summed E-state index contributed by atoms with van der Waals surface area (Å²) >= 11 is 0. The zero-order valence-corrected chi connectivity index (χ0v) is 15.9. The third-order valence-electron chi connectivity index (χ3n) is 6.09. The van der Waals surface area contributed by atoms with Gasteiger partial charge in [0.15, 0.2) is 0 Å². The predicted molar refractivity (Wildman–Crippen MR) is 103 cm³/mol. The molecule has 2 aromatic rings. The molecule has 144 valence electrons. The lowest BCUT2D eigenvalue weighted by Gasteiger charge is -2.39. The quantitative estimate of drug-likeness (QED) is 0.845. The Morgan fingerprint density at radius 3 is 2.70 bits per heavy atom. The summed E-state index contributed by atoms with van der Waals surface area (Å²) in [6.45, 7) is 5.50. The number of carbonyl (C=O) groups excluding carboxylic acids is 1. The van der Waals surface area contributed by atoms with Gasteiger partial charge in [0.05, 0.1) is 24.8 Å². The molecule has 0 bridgehead atoms. The first-order valence-electron chi connectivity index (χ1n) is 9.82. The maximum Gasteiger partial charge on any atom is 0.228 e. The number of nitrogens with zero attached hydrogens (tertiary/aromatic N) is 3. The van der Waals surface area contributed by atoms with Gasteiger partial charge in [0.25, 0.3) is 0 Å². The van der Waals surface area contributed by atoms with E-state index >= 15 is 0 Å². The number of hydrogen-bond acceptors (Lipinski definition) is 4. The van der Waals surface area contributed by atoms with Gasteiger partial charge in [-0.1, -0.05) is 30.3 Å². The van der Waals surface area contributed by atoms with Gasteiger partial charge in [0.1, 0.15) is 0 Å². The van der Waals surface area contributed by atoms with E-state index in [2.05, 4.69) is 27.4 Å². The van der Waals surface area contributed by atoms with Gasteiger partial charge in [-0.15, -0.1) is 0 Å². The summed E-state index contributed by atoms with van der Waals surface area (Å²) in [5.41, 5.74) is 3.32. The van der Waals surface area contributed by atoms with Gasteiger partial charge in [0, 0.05) is 36.9 Å². The van der Waals surface area contributed by atoms with E-state index in [1.54, 1.807) is 0 Å². The van der Waals surface area contributed by atoms with E-state index in [1.807, 2.05) is 36.0 Å². The molecule has 2 fully saturated rings. The van der Waals surface area contributed by atoms with E-state index < -0.39 is 0 Å². The number of hydrogen-bond donors (Lipinski definition) is 2. The molecule has 6 nitrogen and oxygen atoms in total. The molecule has 2 N–H and O–H groups in total. The van der Waals surface area contributed by atoms with Crippen LogP contribution in [0.2, 0.25) is 0 Å². The summed E-state index contributed by atoms with van der Waals surface area (Å²) in [7, 11) is 0. The second-order valence-electron chi connectivity index (χ2n) is 7.94. The van der Waals surface area contributed by atoms with Gasteiger partial charge >= 0.3 is 0 Å².